The minimum absolute atomic E-state index is 0.213. The zero-order valence-electron chi connectivity index (χ0n) is 14.6. The van der Waals surface area contributed by atoms with E-state index in [1.807, 2.05) is 0 Å². The largest absolute Gasteiger partial charge is 0.547 e. The third kappa shape index (κ3) is 3.28. The second-order valence-corrected chi connectivity index (χ2v) is 13.4. The number of hydrogen-bond donors (Lipinski definition) is 0. The summed E-state index contributed by atoms with van der Waals surface area (Å²) in [5.74, 6) is 1.94. The fraction of sp³-hybridized carbons (Fsp3) is 0.833. The standard InChI is InChI=1S/C18H32O2Si/c1-14(20-21(5,6)17(2,3)4)16-8-7-11-18(16)12-9-15(19)10-13-18/h16H,1,7-13H2,2-6H3. The highest BCUT2D eigenvalue weighted by molar-refractivity contribution is 6.74. The van der Waals surface area contributed by atoms with Crippen molar-refractivity contribution in [1.29, 1.82) is 0 Å². The highest BCUT2D eigenvalue weighted by Gasteiger charge is 2.48. The fourth-order valence-corrected chi connectivity index (χ4v) is 4.92. The fourth-order valence-electron chi connectivity index (χ4n) is 3.82. The lowest BCUT2D eigenvalue weighted by Gasteiger charge is -2.43. The smallest absolute Gasteiger partial charge is 0.250 e. The number of carbonyl (C=O) groups excluding carboxylic acids is 1. The van der Waals surface area contributed by atoms with Crippen molar-refractivity contribution < 1.29 is 9.22 Å². The molecule has 0 heterocycles. The van der Waals surface area contributed by atoms with Gasteiger partial charge in [0.05, 0.1) is 5.76 Å². The van der Waals surface area contributed by atoms with Crippen LogP contribution in [-0.4, -0.2) is 14.1 Å². The van der Waals surface area contributed by atoms with Crippen molar-refractivity contribution in [2.45, 2.75) is 83.8 Å². The Labute approximate surface area is 131 Å². The molecule has 21 heavy (non-hydrogen) atoms. The van der Waals surface area contributed by atoms with Crippen molar-refractivity contribution in [3.63, 3.8) is 0 Å². The Morgan fingerprint density at radius 3 is 2.33 bits per heavy atom. The van der Waals surface area contributed by atoms with Crippen molar-refractivity contribution >= 4 is 14.1 Å². The summed E-state index contributed by atoms with van der Waals surface area (Å²) in [6, 6.07) is 0. The highest BCUT2D eigenvalue weighted by atomic mass is 28.4. The van der Waals surface area contributed by atoms with Crippen molar-refractivity contribution in [3.05, 3.63) is 12.3 Å². The summed E-state index contributed by atoms with van der Waals surface area (Å²) >= 11 is 0. The van der Waals surface area contributed by atoms with Crippen molar-refractivity contribution in [2.75, 3.05) is 0 Å². The zero-order chi connectivity index (χ0) is 15.9. The van der Waals surface area contributed by atoms with Crippen molar-refractivity contribution in [3.8, 4) is 0 Å². The number of carbonyl (C=O) groups is 1. The molecule has 0 amide bonds. The molecule has 0 saturated heterocycles. The maximum atomic E-state index is 11.6. The van der Waals surface area contributed by atoms with Gasteiger partial charge in [-0.1, -0.05) is 33.8 Å². The molecule has 2 aliphatic rings. The third-order valence-corrected chi connectivity index (χ3v) is 10.7. The molecule has 2 saturated carbocycles. The topological polar surface area (TPSA) is 26.3 Å². The molecule has 0 aromatic rings. The van der Waals surface area contributed by atoms with Crippen LogP contribution in [0.4, 0.5) is 0 Å². The molecule has 3 heteroatoms. The molecular formula is C18H32O2Si. The van der Waals surface area contributed by atoms with E-state index >= 15 is 0 Å². The number of hydrogen-bond acceptors (Lipinski definition) is 2. The van der Waals surface area contributed by atoms with Crippen LogP contribution in [0.3, 0.4) is 0 Å². The molecule has 0 aliphatic heterocycles. The van der Waals surface area contributed by atoms with Gasteiger partial charge in [-0.05, 0) is 49.2 Å². The van der Waals surface area contributed by atoms with Crippen LogP contribution >= 0.6 is 0 Å². The summed E-state index contributed by atoms with van der Waals surface area (Å²) in [5.41, 5.74) is 0.313. The molecule has 1 unspecified atom stereocenters. The summed E-state index contributed by atoms with van der Waals surface area (Å²) in [6.07, 6.45) is 7.35. The van der Waals surface area contributed by atoms with Crippen LogP contribution in [0.1, 0.15) is 65.7 Å². The van der Waals surface area contributed by atoms with Gasteiger partial charge in [-0.25, -0.2) is 0 Å². The summed E-state index contributed by atoms with van der Waals surface area (Å²) in [7, 11) is -1.80. The minimum atomic E-state index is -1.80. The van der Waals surface area contributed by atoms with E-state index in [1.165, 1.54) is 19.3 Å². The first-order chi connectivity index (χ1) is 9.57. The average Bonchev–Trinajstić information content (AvgIpc) is 2.75. The number of allylic oxidation sites excluding steroid dienone is 1. The first-order valence-electron chi connectivity index (χ1n) is 8.47. The first kappa shape index (κ1) is 16.8. The molecule has 2 rings (SSSR count). The Balaban J connectivity index is 2.10. The van der Waals surface area contributed by atoms with E-state index in [0.29, 0.717) is 17.1 Å². The predicted octanol–water partition coefficient (Wildman–Crippen LogP) is 5.45. The lowest BCUT2D eigenvalue weighted by Crippen LogP contribution is -2.42. The number of rotatable bonds is 3. The lowest BCUT2D eigenvalue weighted by molar-refractivity contribution is -0.122. The van der Waals surface area contributed by atoms with E-state index in [2.05, 4.69) is 40.4 Å². The molecule has 0 radical (unpaired) electrons. The summed E-state index contributed by atoms with van der Waals surface area (Å²) in [6.45, 7) is 15.7. The van der Waals surface area contributed by atoms with Gasteiger partial charge in [0.1, 0.15) is 5.78 Å². The van der Waals surface area contributed by atoms with E-state index in [1.54, 1.807) is 0 Å². The van der Waals surface area contributed by atoms with Crippen molar-refractivity contribution in [2.24, 2.45) is 11.3 Å². The molecule has 0 aromatic carbocycles. The SMILES string of the molecule is C=C(O[Si](C)(C)C(C)(C)C)C1CCCC12CCC(=O)CC2. The Morgan fingerprint density at radius 1 is 1.24 bits per heavy atom. The van der Waals surface area contributed by atoms with Gasteiger partial charge in [0, 0.05) is 18.8 Å². The number of Topliss-reactive ketones (excluding diaryl/α,β-unsaturated/α-hetero) is 1. The highest BCUT2D eigenvalue weighted by Crippen LogP contribution is 2.55. The molecule has 1 spiro atoms. The van der Waals surface area contributed by atoms with Gasteiger partial charge in [-0.2, -0.15) is 0 Å². The van der Waals surface area contributed by atoms with Crippen LogP contribution in [0.15, 0.2) is 12.3 Å². The van der Waals surface area contributed by atoms with Crippen LogP contribution in [0.5, 0.6) is 0 Å². The van der Waals surface area contributed by atoms with Gasteiger partial charge in [0.25, 0.3) is 0 Å². The van der Waals surface area contributed by atoms with Crippen LogP contribution in [0.2, 0.25) is 18.1 Å². The summed E-state index contributed by atoms with van der Waals surface area (Å²) in [5, 5.41) is 0.213. The maximum absolute atomic E-state index is 11.6. The minimum Gasteiger partial charge on any atom is -0.547 e. The molecule has 0 bridgehead atoms. The Kier molecular flexibility index (Phi) is 4.45. The Hall–Kier alpha value is -0.573. The van der Waals surface area contributed by atoms with Gasteiger partial charge in [0.2, 0.25) is 8.32 Å². The van der Waals surface area contributed by atoms with Crippen LogP contribution < -0.4 is 0 Å². The molecule has 1 atom stereocenters. The summed E-state index contributed by atoms with van der Waals surface area (Å²) < 4.78 is 6.50. The van der Waals surface area contributed by atoms with Crippen LogP contribution in [-0.2, 0) is 9.22 Å². The summed E-state index contributed by atoms with van der Waals surface area (Å²) in [4.78, 5) is 11.6. The number of ketones is 1. The third-order valence-electron chi connectivity index (χ3n) is 6.29. The van der Waals surface area contributed by atoms with E-state index < -0.39 is 8.32 Å². The Morgan fingerprint density at radius 2 is 1.81 bits per heavy atom. The van der Waals surface area contributed by atoms with Crippen LogP contribution in [0, 0.1) is 11.3 Å². The zero-order valence-corrected chi connectivity index (χ0v) is 15.6. The average molecular weight is 309 g/mol. The quantitative estimate of drug-likeness (QED) is 0.512. The second-order valence-electron chi connectivity index (χ2n) is 8.67. The molecule has 120 valence electrons. The maximum Gasteiger partial charge on any atom is 0.250 e. The van der Waals surface area contributed by atoms with E-state index in [4.69, 9.17) is 4.43 Å². The molecular weight excluding hydrogens is 276 g/mol. The van der Waals surface area contributed by atoms with Gasteiger partial charge >= 0.3 is 0 Å². The van der Waals surface area contributed by atoms with E-state index in [9.17, 15) is 4.79 Å². The normalized spacial score (nSPS) is 26.1. The monoisotopic (exact) mass is 308 g/mol. The Bertz CT molecular complexity index is 421. The van der Waals surface area contributed by atoms with Crippen LogP contribution in [0.25, 0.3) is 0 Å². The lowest BCUT2D eigenvalue weighted by atomic mass is 9.67. The van der Waals surface area contributed by atoms with Gasteiger partial charge in [0.15, 0.2) is 0 Å². The van der Waals surface area contributed by atoms with E-state index in [0.717, 1.165) is 31.4 Å². The molecule has 0 N–H and O–H groups in total. The van der Waals surface area contributed by atoms with Crippen molar-refractivity contribution in [1.82, 2.24) is 0 Å². The molecule has 2 nitrogen and oxygen atoms in total. The molecule has 0 aromatic heterocycles. The van der Waals surface area contributed by atoms with Gasteiger partial charge in [-0.3, -0.25) is 4.79 Å². The van der Waals surface area contributed by atoms with E-state index in [-0.39, 0.29) is 5.04 Å². The second kappa shape index (κ2) is 5.57. The molecule has 2 fully saturated rings. The van der Waals surface area contributed by atoms with Gasteiger partial charge in [-0.15, -0.1) is 0 Å². The first-order valence-corrected chi connectivity index (χ1v) is 11.4. The molecule has 2 aliphatic carbocycles. The van der Waals surface area contributed by atoms with Gasteiger partial charge < -0.3 is 4.43 Å². The predicted molar refractivity (Wildman–Crippen MR) is 90.7 cm³/mol.